The van der Waals surface area contributed by atoms with Crippen molar-refractivity contribution < 1.29 is 19.5 Å². The van der Waals surface area contributed by atoms with Crippen LogP contribution in [0.2, 0.25) is 0 Å². The summed E-state index contributed by atoms with van der Waals surface area (Å²) in [5.41, 5.74) is 2.22. The normalized spacial score (nSPS) is 13.8. The van der Waals surface area contributed by atoms with Gasteiger partial charge in [-0.05, 0) is 60.9 Å². The van der Waals surface area contributed by atoms with Crippen LogP contribution in [0.15, 0.2) is 83.8 Å². The van der Waals surface area contributed by atoms with E-state index in [4.69, 9.17) is 5.11 Å². The Kier molecular flexibility index (Phi) is 6.56. The zero-order valence-corrected chi connectivity index (χ0v) is 18.0. The second-order valence-corrected chi connectivity index (χ2v) is 8.75. The molecule has 2 amide bonds. The zero-order chi connectivity index (χ0) is 22.5. The van der Waals surface area contributed by atoms with Gasteiger partial charge in [-0.15, -0.1) is 11.8 Å². The molecule has 3 N–H and O–H groups in total. The number of benzene rings is 3. The van der Waals surface area contributed by atoms with E-state index in [2.05, 4.69) is 10.6 Å². The summed E-state index contributed by atoms with van der Waals surface area (Å²) < 4.78 is 0. The Bertz CT molecular complexity index is 1130. The fourth-order valence-corrected chi connectivity index (χ4v) is 4.26. The maximum atomic E-state index is 13.2. The largest absolute Gasteiger partial charge is 0.478 e. The highest BCUT2D eigenvalue weighted by Crippen LogP contribution is 2.37. The van der Waals surface area contributed by atoms with Crippen LogP contribution in [-0.2, 0) is 9.59 Å². The molecular formula is C25H22N2O4S. The smallest absolute Gasteiger partial charge is 0.335 e. The molecule has 1 fully saturated rings. The molecule has 0 aliphatic heterocycles. The lowest BCUT2D eigenvalue weighted by Gasteiger charge is -2.18. The van der Waals surface area contributed by atoms with Crippen molar-refractivity contribution in [2.75, 3.05) is 10.6 Å². The zero-order valence-electron chi connectivity index (χ0n) is 17.2. The summed E-state index contributed by atoms with van der Waals surface area (Å²) in [6.45, 7) is 0. The van der Waals surface area contributed by atoms with Crippen molar-refractivity contribution in [3.05, 3.63) is 90.0 Å². The Labute approximate surface area is 190 Å². The first-order valence-corrected chi connectivity index (χ1v) is 11.1. The van der Waals surface area contributed by atoms with Gasteiger partial charge in [-0.1, -0.05) is 36.4 Å². The van der Waals surface area contributed by atoms with Crippen molar-refractivity contribution in [1.82, 2.24) is 0 Å². The van der Waals surface area contributed by atoms with Crippen LogP contribution in [0.3, 0.4) is 0 Å². The van der Waals surface area contributed by atoms with Gasteiger partial charge in [0.05, 0.1) is 5.56 Å². The summed E-state index contributed by atoms with van der Waals surface area (Å²) in [6, 6.07) is 23.0. The van der Waals surface area contributed by atoms with Crippen molar-refractivity contribution >= 4 is 40.9 Å². The van der Waals surface area contributed by atoms with Crippen LogP contribution >= 0.6 is 11.8 Å². The summed E-state index contributed by atoms with van der Waals surface area (Å²) in [7, 11) is 0. The number of anilines is 2. The standard InChI is InChI=1S/C25H22N2O4S/c28-23(17-9-10-17)27-20-7-4-8-21(15-20)32-22(16-5-2-1-3-6-16)24(29)26-19-13-11-18(12-14-19)25(30)31/h1-8,11-15,17,22H,9-10H2,(H,26,29)(H,27,28)(H,30,31). The van der Waals surface area contributed by atoms with E-state index in [0.29, 0.717) is 11.4 Å². The first-order chi connectivity index (χ1) is 15.5. The molecule has 1 aliphatic rings. The lowest BCUT2D eigenvalue weighted by atomic mass is 10.1. The van der Waals surface area contributed by atoms with Gasteiger partial charge in [-0.2, -0.15) is 0 Å². The number of carbonyl (C=O) groups is 3. The van der Waals surface area contributed by atoms with Crippen molar-refractivity contribution in [2.45, 2.75) is 23.0 Å². The molecule has 7 heteroatoms. The van der Waals surface area contributed by atoms with Gasteiger partial charge in [0.15, 0.2) is 0 Å². The number of amides is 2. The minimum atomic E-state index is -1.02. The van der Waals surface area contributed by atoms with Gasteiger partial charge in [0.2, 0.25) is 11.8 Å². The molecule has 0 spiro atoms. The number of nitrogens with one attached hydrogen (secondary N) is 2. The van der Waals surface area contributed by atoms with Gasteiger partial charge in [-0.25, -0.2) is 4.79 Å². The second kappa shape index (κ2) is 9.70. The molecule has 1 unspecified atom stereocenters. The maximum absolute atomic E-state index is 13.2. The van der Waals surface area contributed by atoms with Crippen molar-refractivity contribution in [2.24, 2.45) is 5.92 Å². The van der Waals surface area contributed by atoms with E-state index >= 15 is 0 Å². The minimum absolute atomic E-state index is 0.0364. The lowest BCUT2D eigenvalue weighted by Crippen LogP contribution is -2.19. The van der Waals surface area contributed by atoms with Gasteiger partial charge in [0.1, 0.15) is 5.25 Å². The highest BCUT2D eigenvalue weighted by atomic mass is 32.2. The first kappa shape index (κ1) is 21.6. The summed E-state index contributed by atoms with van der Waals surface area (Å²) in [4.78, 5) is 37.2. The van der Waals surface area contributed by atoms with Gasteiger partial charge in [0.25, 0.3) is 0 Å². The SMILES string of the molecule is O=C(O)c1ccc(NC(=O)C(Sc2cccc(NC(=O)C3CC3)c2)c2ccccc2)cc1. The molecule has 1 aliphatic carbocycles. The van der Waals surface area contributed by atoms with Gasteiger partial charge >= 0.3 is 5.97 Å². The van der Waals surface area contributed by atoms with Crippen LogP contribution in [0.5, 0.6) is 0 Å². The molecule has 4 rings (SSSR count). The predicted octanol–water partition coefficient (Wildman–Crippen LogP) is 5.21. The molecule has 162 valence electrons. The number of hydrogen-bond donors (Lipinski definition) is 3. The number of rotatable bonds is 8. The Morgan fingerprint density at radius 2 is 1.56 bits per heavy atom. The third-order valence-corrected chi connectivity index (χ3v) is 6.29. The van der Waals surface area contributed by atoms with E-state index in [1.165, 1.54) is 23.9 Å². The molecular weight excluding hydrogens is 424 g/mol. The van der Waals surface area contributed by atoms with Crippen LogP contribution < -0.4 is 10.6 Å². The van der Waals surface area contributed by atoms with Crippen molar-refractivity contribution in [3.63, 3.8) is 0 Å². The molecule has 6 nitrogen and oxygen atoms in total. The fraction of sp³-hybridized carbons (Fsp3) is 0.160. The average Bonchev–Trinajstić information content (AvgIpc) is 3.64. The van der Waals surface area contributed by atoms with Crippen LogP contribution in [-0.4, -0.2) is 22.9 Å². The predicted molar refractivity (Wildman–Crippen MR) is 125 cm³/mol. The third-order valence-electron chi connectivity index (χ3n) is 5.04. The van der Waals surface area contributed by atoms with Gasteiger partial charge in [-0.3, -0.25) is 9.59 Å². The third kappa shape index (κ3) is 5.56. The highest BCUT2D eigenvalue weighted by Gasteiger charge is 2.29. The van der Waals surface area contributed by atoms with Crippen LogP contribution in [0.1, 0.15) is 34.0 Å². The van der Waals surface area contributed by atoms with E-state index in [-0.39, 0.29) is 23.3 Å². The second-order valence-electron chi connectivity index (χ2n) is 7.57. The van der Waals surface area contributed by atoms with E-state index in [1.54, 1.807) is 12.1 Å². The molecule has 0 radical (unpaired) electrons. The molecule has 3 aromatic carbocycles. The summed E-state index contributed by atoms with van der Waals surface area (Å²) in [6.07, 6.45) is 1.87. The van der Waals surface area contributed by atoms with E-state index in [1.807, 2.05) is 54.6 Å². The number of carbonyl (C=O) groups excluding carboxylic acids is 2. The average molecular weight is 447 g/mol. The maximum Gasteiger partial charge on any atom is 0.335 e. The van der Waals surface area contributed by atoms with Crippen LogP contribution in [0.25, 0.3) is 0 Å². The molecule has 1 saturated carbocycles. The molecule has 0 saturated heterocycles. The topological polar surface area (TPSA) is 95.5 Å². The number of carboxylic acid groups (broad SMARTS) is 1. The first-order valence-electron chi connectivity index (χ1n) is 10.3. The van der Waals surface area contributed by atoms with Gasteiger partial charge in [0, 0.05) is 22.2 Å². The Morgan fingerprint density at radius 3 is 2.22 bits per heavy atom. The van der Waals surface area contributed by atoms with Crippen molar-refractivity contribution in [1.29, 1.82) is 0 Å². The summed E-state index contributed by atoms with van der Waals surface area (Å²) >= 11 is 1.39. The molecule has 32 heavy (non-hydrogen) atoms. The van der Waals surface area contributed by atoms with E-state index in [9.17, 15) is 14.4 Å². The Morgan fingerprint density at radius 1 is 0.844 bits per heavy atom. The van der Waals surface area contributed by atoms with E-state index in [0.717, 1.165) is 23.3 Å². The van der Waals surface area contributed by atoms with Crippen LogP contribution in [0, 0.1) is 5.92 Å². The Balaban J connectivity index is 1.52. The molecule has 0 heterocycles. The quantitative estimate of drug-likeness (QED) is 0.413. The fourth-order valence-electron chi connectivity index (χ4n) is 3.18. The number of thioether (sulfide) groups is 1. The van der Waals surface area contributed by atoms with Crippen LogP contribution in [0.4, 0.5) is 11.4 Å². The number of aromatic carboxylic acids is 1. The number of carboxylic acids is 1. The monoisotopic (exact) mass is 446 g/mol. The Hall–Kier alpha value is -3.58. The van der Waals surface area contributed by atoms with Gasteiger partial charge < -0.3 is 15.7 Å². The molecule has 1 atom stereocenters. The minimum Gasteiger partial charge on any atom is -0.478 e. The van der Waals surface area contributed by atoms with E-state index < -0.39 is 11.2 Å². The highest BCUT2D eigenvalue weighted by molar-refractivity contribution is 8.00. The lowest BCUT2D eigenvalue weighted by molar-refractivity contribution is -0.117. The molecule has 0 bridgehead atoms. The molecule has 3 aromatic rings. The molecule has 0 aromatic heterocycles. The summed E-state index contributed by atoms with van der Waals surface area (Å²) in [5, 5.41) is 14.3. The van der Waals surface area contributed by atoms with Crippen molar-refractivity contribution in [3.8, 4) is 0 Å². The number of hydrogen-bond acceptors (Lipinski definition) is 4. The summed E-state index contributed by atoms with van der Waals surface area (Å²) in [5.74, 6) is -1.10.